The number of thiazole rings is 1. The van der Waals surface area contributed by atoms with Crippen LogP contribution in [-0.2, 0) is 4.79 Å². The lowest BCUT2D eigenvalue weighted by atomic mass is 10.1. The third-order valence-electron chi connectivity index (χ3n) is 2.81. The number of rotatable bonds is 4. The van der Waals surface area contributed by atoms with Crippen molar-refractivity contribution < 1.29 is 19.1 Å². The van der Waals surface area contributed by atoms with E-state index < -0.39 is 18.2 Å². The van der Waals surface area contributed by atoms with E-state index in [0.29, 0.717) is 5.69 Å². The highest BCUT2D eigenvalue weighted by Crippen LogP contribution is 2.31. The van der Waals surface area contributed by atoms with Crippen molar-refractivity contribution in [3.63, 3.8) is 0 Å². The van der Waals surface area contributed by atoms with Crippen LogP contribution in [0.25, 0.3) is 22.2 Å². The van der Waals surface area contributed by atoms with Gasteiger partial charge in [-0.2, -0.15) is 0 Å². The Labute approximate surface area is 117 Å². The van der Waals surface area contributed by atoms with Gasteiger partial charge in [-0.25, -0.2) is 4.98 Å². The summed E-state index contributed by atoms with van der Waals surface area (Å²) in [6, 6.07) is 7.52. The molecule has 1 N–H and O–H groups in total. The smallest absolute Gasteiger partial charge is 0.311 e. The van der Waals surface area contributed by atoms with Gasteiger partial charge in [-0.15, -0.1) is 11.3 Å². The maximum atomic E-state index is 11.6. The predicted octanol–water partition coefficient (Wildman–Crippen LogP) is 3.21. The van der Waals surface area contributed by atoms with Gasteiger partial charge in [0.25, 0.3) is 0 Å². The lowest BCUT2D eigenvalue weighted by molar-refractivity contribution is -0.135. The van der Waals surface area contributed by atoms with E-state index in [0.717, 1.165) is 27.9 Å². The summed E-state index contributed by atoms with van der Waals surface area (Å²) < 4.78 is 5.42. The third kappa shape index (κ3) is 2.21. The first-order valence-electron chi connectivity index (χ1n) is 5.82. The molecule has 0 saturated heterocycles. The van der Waals surface area contributed by atoms with Crippen LogP contribution < -0.4 is 0 Å². The molecule has 2 heterocycles. The number of hydrogen-bond acceptors (Lipinski definition) is 5. The van der Waals surface area contributed by atoms with Crippen LogP contribution in [0.3, 0.4) is 0 Å². The topological polar surface area (TPSA) is 80.4 Å². The average Bonchev–Trinajstić information content (AvgIpc) is 3.04. The van der Waals surface area contributed by atoms with Gasteiger partial charge in [0, 0.05) is 16.3 Å². The molecule has 0 aliphatic rings. The fourth-order valence-corrected chi connectivity index (χ4v) is 2.67. The molecule has 3 aromatic rings. The molecule has 0 radical (unpaired) electrons. The molecule has 0 atom stereocenters. The second kappa shape index (κ2) is 4.90. The first-order chi connectivity index (χ1) is 9.65. The fraction of sp³-hybridized carbons (Fsp3) is 0.0714. The molecule has 1 aromatic carbocycles. The predicted molar refractivity (Wildman–Crippen MR) is 73.9 cm³/mol. The van der Waals surface area contributed by atoms with Gasteiger partial charge in [-0.1, -0.05) is 18.2 Å². The molecule has 0 unspecified atom stereocenters. The van der Waals surface area contributed by atoms with Crippen molar-refractivity contribution in [1.82, 2.24) is 4.98 Å². The second-order valence-electron chi connectivity index (χ2n) is 4.18. The van der Waals surface area contributed by atoms with E-state index in [1.54, 1.807) is 11.6 Å². The molecule has 6 heteroatoms. The minimum atomic E-state index is -1.15. The van der Waals surface area contributed by atoms with Gasteiger partial charge in [0.05, 0.1) is 5.69 Å². The minimum Gasteiger partial charge on any atom is -0.481 e. The molecule has 0 saturated carbocycles. The lowest BCUT2D eigenvalue weighted by Crippen LogP contribution is -2.06. The summed E-state index contributed by atoms with van der Waals surface area (Å²) in [7, 11) is 0. The van der Waals surface area contributed by atoms with Gasteiger partial charge in [-0.3, -0.25) is 9.59 Å². The molecule has 3 rings (SSSR count). The molecular weight excluding hydrogens is 278 g/mol. The van der Waals surface area contributed by atoms with Crippen molar-refractivity contribution in [3.05, 3.63) is 40.9 Å². The molecule has 5 nitrogen and oxygen atoms in total. The average molecular weight is 287 g/mol. The Morgan fingerprint density at radius 3 is 2.90 bits per heavy atom. The Balaban J connectivity index is 1.98. The van der Waals surface area contributed by atoms with Crippen LogP contribution in [0.1, 0.15) is 16.2 Å². The standard InChI is InChI=1S/C14H9NO4S/c16-11(5-13(17)18)14-15-10(7-20-14)9-6-19-12-4-2-1-3-8(9)12/h1-4,6-7H,5H2,(H,17,18). The van der Waals surface area contributed by atoms with E-state index in [1.807, 2.05) is 24.3 Å². The van der Waals surface area contributed by atoms with Gasteiger partial charge in [0.1, 0.15) is 18.3 Å². The molecular formula is C14H9NO4S. The number of carbonyl (C=O) groups is 2. The SMILES string of the molecule is O=C(O)CC(=O)c1nc(-c2coc3ccccc23)cs1. The molecule has 100 valence electrons. The maximum absolute atomic E-state index is 11.6. The first-order valence-corrected chi connectivity index (χ1v) is 6.70. The largest absolute Gasteiger partial charge is 0.481 e. The number of hydrogen-bond donors (Lipinski definition) is 1. The number of aliphatic carboxylic acids is 1. The van der Waals surface area contributed by atoms with Crippen molar-refractivity contribution in [3.8, 4) is 11.3 Å². The third-order valence-corrected chi connectivity index (χ3v) is 3.69. The summed E-state index contributed by atoms with van der Waals surface area (Å²) >= 11 is 1.14. The summed E-state index contributed by atoms with van der Waals surface area (Å²) in [6.07, 6.45) is 1.05. The maximum Gasteiger partial charge on any atom is 0.311 e. The van der Waals surface area contributed by atoms with Crippen molar-refractivity contribution in [1.29, 1.82) is 0 Å². The Morgan fingerprint density at radius 1 is 1.30 bits per heavy atom. The number of fused-ring (bicyclic) bond motifs is 1. The zero-order valence-corrected chi connectivity index (χ0v) is 11.0. The van der Waals surface area contributed by atoms with Crippen molar-refractivity contribution in [2.75, 3.05) is 0 Å². The molecule has 0 aliphatic heterocycles. The highest BCUT2D eigenvalue weighted by molar-refractivity contribution is 7.12. The number of aromatic nitrogens is 1. The number of nitrogens with zero attached hydrogens (tertiary/aromatic N) is 1. The molecule has 0 aliphatic carbocycles. The molecule has 0 spiro atoms. The number of benzene rings is 1. The van der Waals surface area contributed by atoms with Crippen LogP contribution in [0, 0.1) is 0 Å². The van der Waals surface area contributed by atoms with E-state index in [1.165, 1.54) is 0 Å². The highest BCUT2D eigenvalue weighted by atomic mass is 32.1. The van der Waals surface area contributed by atoms with E-state index in [2.05, 4.69) is 4.98 Å². The van der Waals surface area contributed by atoms with Crippen molar-refractivity contribution in [2.45, 2.75) is 6.42 Å². The lowest BCUT2D eigenvalue weighted by Gasteiger charge is -1.92. The number of ketones is 1. The van der Waals surface area contributed by atoms with E-state index >= 15 is 0 Å². The first kappa shape index (κ1) is 12.6. The second-order valence-corrected chi connectivity index (χ2v) is 5.04. The zero-order valence-electron chi connectivity index (χ0n) is 10.2. The van der Waals surface area contributed by atoms with Crippen molar-refractivity contribution >= 4 is 34.1 Å². The van der Waals surface area contributed by atoms with Gasteiger partial charge in [-0.05, 0) is 6.07 Å². The zero-order chi connectivity index (χ0) is 14.1. The van der Waals surface area contributed by atoms with E-state index in [-0.39, 0.29) is 5.01 Å². The van der Waals surface area contributed by atoms with Gasteiger partial charge in [0.15, 0.2) is 5.01 Å². The number of furan rings is 1. The van der Waals surface area contributed by atoms with Gasteiger partial charge < -0.3 is 9.52 Å². The number of carboxylic acids is 1. The summed E-state index contributed by atoms with van der Waals surface area (Å²) in [6.45, 7) is 0. The van der Waals surface area contributed by atoms with Crippen LogP contribution in [0.5, 0.6) is 0 Å². The molecule has 2 aromatic heterocycles. The Hall–Kier alpha value is -2.47. The number of Topliss-reactive ketones (excluding diaryl/α,β-unsaturated/α-hetero) is 1. The number of para-hydroxylation sites is 1. The van der Waals surface area contributed by atoms with Crippen LogP contribution in [0.15, 0.2) is 40.3 Å². The normalized spacial score (nSPS) is 10.8. The summed E-state index contributed by atoms with van der Waals surface area (Å²) in [5, 5.41) is 11.5. The summed E-state index contributed by atoms with van der Waals surface area (Å²) in [5.74, 6) is -1.64. The molecule has 20 heavy (non-hydrogen) atoms. The van der Waals surface area contributed by atoms with Gasteiger partial charge in [0.2, 0.25) is 5.78 Å². The monoisotopic (exact) mass is 287 g/mol. The quantitative estimate of drug-likeness (QED) is 0.588. The molecule has 0 bridgehead atoms. The van der Waals surface area contributed by atoms with Crippen LogP contribution in [-0.4, -0.2) is 21.8 Å². The fourth-order valence-electron chi connectivity index (χ4n) is 1.91. The van der Waals surface area contributed by atoms with Crippen LogP contribution in [0.4, 0.5) is 0 Å². The summed E-state index contributed by atoms with van der Waals surface area (Å²) in [4.78, 5) is 26.4. The van der Waals surface area contributed by atoms with E-state index in [9.17, 15) is 9.59 Å². The Kier molecular flexibility index (Phi) is 3.08. The minimum absolute atomic E-state index is 0.202. The molecule has 0 fully saturated rings. The summed E-state index contributed by atoms with van der Waals surface area (Å²) in [5.41, 5.74) is 2.16. The Morgan fingerprint density at radius 2 is 2.10 bits per heavy atom. The number of carbonyl (C=O) groups excluding carboxylic acids is 1. The molecule has 0 amide bonds. The highest BCUT2D eigenvalue weighted by Gasteiger charge is 2.17. The van der Waals surface area contributed by atoms with Gasteiger partial charge >= 0.3 is 5.97 Å². The van der Waals surface area contributed by atoms with Crippen LogP contribution >= 0.6 is 11.3 Å². The Bertz CT molecular complexity index is 802. The number of carboxylic acid groups (broad SMARTS) is 1. The van der Waals surface area contributed by atoms with Crippen molar-refractivity contribution in [2.24, 2.45) is 0 Å². The van der Waals surface area contributed by atoms with Crippen LogP contribution in [0.2, 0.25) is 0 Å². The van der Waals surface area contributed by atoms with E-state index in [4.69, 9.17) is 9.52 Å².